The van der Waals surface area contributed by atoms with Crippen molar-refractivity contribution in [1.82, 2.24) is 0 Å². The van der Waals surface area contributed by atoms with Crippen LogP contribution in [0.25, 0.3) is 0 Å². The molecule has 1 rings (SSSR count). The molecule has 0 aromatic carbocycles. The molecule has 0 aliphatic heterocycles. The van der Waals surface area contributed by atoms with Gasteiger partial charge in [0.05, 0.1) is 0 Å². The second-order valence-corrected chi connectivity index (χ2v) is 2.72. The Labute approximate surface area is 57.7 Å². The van der Waals surface area contributed by atoms with Gasteiger partial charge in [-0.05, 0) is 18.8 Å². The lowest BCUT2D eigenvalue weighted by atomic mass is 9.98. The lowest BCUT2D eigenvalue weighted by Gasteiger charge is -2.06. The number of rotatable bonds is 1. The van der Waals surface area contributed by atoms with Crippen LogP contribution >= 0.6 is 0 Å². The van der Waals surface area contributed by atoms with Gasteiger partial charge in [0, 0.05) is 12.8 Å². The highest BCUT2D eigenvalue weighted by atomic mass is 14.1. The Hall–Kier alpha value is -0.440. The average Bonchev–Trinajstić information content (AvgIpc) is 2.13. The highest BCUT2D eigenvalue weighted by Crippen LogP contribution is 2.17. The topological polar surface area (TPSA) is 0 Å². The summed E-state index contributed by atoms with van der Waals surface area (Å²) in [7, 11) is 0. The molecule has 1 unspecified atom stereocenters. The molecule has 0 heteroatoms. The molecule has 0 spiro atoms. The molecule has 1 aliphatic rings. The minimum absolute atomic E-state index is 0.903. The zero-order chi connectivity index (χ0) is 6.53. The van der Waals surface area contributed by atoms with Gasteiger partial charge in [0.2, 0.25) is 0 Å². The van der Waals surface area contributed by atoms with E-state index in [4.69, 9.17) is 0 Å². The molecule has 1 aliphatic carbocycles. The van der Waals surface area contributed by atoms with Gasteiger partial charge in [0.1, 0.15) is 0 Å². The summed E-state index contributed by atoms with van der Waals surface area (Å²) in [5.74, 6) is 7.26. The Kier molecular flexibility index (Phi) is 2.64. The van der Waals surface area contributed by atoms with Crippen molar-refractivity contribution >= 4 is 0 Å². The minimum Gasteiger partial charge on any atom is -0.103 e. The van der Waals surface area contributed by atoms with Crippen molar-refractivity contribution in [1.29, 1.82) is 0 Å². The first-order valence-corrected chi connectivity index (χ1v) is 3.89. The van der Waals surface area contributed by atoms with E-state index >= 15 is 0 Å². The summed E-state index contributed by atoms with van der Waals surface area (Å²) >= 11 is 0. The standard InChI is InChI=1S/C9H14/c1-2-9-7-5-3-4-6-8-9/h9H,2-3,5,7-8H2,1H3. The van der Waals surface area contributed by atoms with Crippen molar-refractivity contribution in [2.45, 2.75) is 39.0 Å². The molecular formula is C9H14. The average molecular weight is 122 g/mol. The van der Waals surface area contributed by atoms with Crippen LogP contribution in [0.15, 0.2) is 0 Å². The highest BCUT2D eigenvalue weighted by molar-refractivity contribution is 5.01. The molecule has 0 radical (unpaired) electrons. The van der Waals surface area contributed by atoms with Crippen LogP contribution in [0.5, 0.6) is 0 Å². The summed E-state index contributed by atoms with van der Waals surface area (Å²) in [5.41, 5.74) is 0. The van der Waals surface area contributed by atoms with E-state index in [9.17, 15) is 0 Å². The molecule has 0 heterocycles. The summed E-state index contributed by atoms with van der Waals surface area (Å²) in [6.07, 6.45) is 6.31. The van der Waals surface area contributed by atoms with Gasteiger partial charge in [-0.15, -0.1) is 11.8 Å². The van der Waals surface area contributed by atoms with E-state index in [0.717, 1.165) is 18.8 Å². The minimum atomic E-state index is 0.903. The lowest BCUT2D eigenvalue weighted by molar-refractivity contribution is 0.475. The van der Waals surface area contributed by atoms with E-state index in [0.29, 0.717) is 0 Å². The van der Waals surface area contributed by atoms with Crippen LogP contribution in [0.2, 0.25) is 0 Å². The van der Waals surface area contributed by atoms with E-state index in [1.165, 1.54) is 19.3 Å². The van der Waals surface area contributed by atoms with Gasteiger partial charge in [0.15, 0.2) is 0 Å². The van der Waals surface area contributed by atoms with Crippen LogP contribution < -0.4 is 0 Å². The Balaban J connectivity index is 2.33. The molecule has 9 heavy (non-hydrogen) atoms. The van der Waals surface area contributed by atoms with Crippen LogP contribution in [0, 0.1) is 17.8 Å². The first-order chi connectivity index (χ1) is 4.43. The summed E-state index contributed by atoms with van der Waals surface area (Å²) in [6.45, 7) is 2.26. The van der Waals surface area contributed by atoms with E-state index < -0.39 is 0 Å². The van der Waals surface area contributed by atoms with Gasteiger partial charge in [-0.3, -0.25) is 0 Å². The zero-order valence-corrected chi connectivity index (χ0v) is 6.11. The van der Waals surface area contributed by atoms with Gasteiger partial charge in [0.25, 0.3) is 0 Å². The summed E-state index contributed by atoms with van der Waals surface area (Å²) in [4.78, 5) is 0. The van der Waals surface area contributed by atoms with Crippen molar-refractivity contribution in [3.05, 3.63) is 0 Å². The lowest BCUT2D eigenvalue weighted by Crippen LogP contribution is -1.94. The Bertz CT molecular complexity index is 125. The van der Waals surface area contributed by atoms with Crippen LogP contribution in [0.4, 0.5) is 0 Å². The quantitative estimate of drug-likeness (QED) is 0.469. The highest BCUT2D eigenvalue weighted by Gasteiger charge is 2.04. The van der Waals surface area contributed by atoms with Crippen molar-refractivity contribution < 1.29 is 0 Å². The van der Waals surface area contributed by atoms with Crippen molar-refractivity contribution in [3.8, 4) is 11.8 Å². The molecule has 0 aromatic rings. The van der Waals surface area contributed by atoms with Gasteiger partial charge in [-0.1, -0.05) is 13.3 Å². The predicted octanol–water partition coefficient (Wildman–Crippen LogP) is 2.59. The molecule has 0 bridgehead atoms. The van der Waals surface area contributed by atoms with E-state index in [1.54, 1.807) is 0 Å². The van der Waals surface area contributed by atoms with Gasteiger partial charge in [-0.25, -0.2) is 0 Å². The molecular weight excluding hydrogens is 108 g/mol. The fraction of sp³-hybridized carbons (Fsp3) is 0.778. The molecule has 0 saturated heterocycles. The van der Waals surface area contributed by atoms with E-state index in [-0.39, 0.29) is 0 Å². The van der Waals surface area contributed by atoms with Gasteiger partial charge >= 0.3 is 0 Å². The van der Waals surface area contributed by atoms with E-state index in [2.05, 4.69) is 18.8 Å². The first kappa shape index (κ1) is 6.68. The maximum atomic E-state index is 3.20. The number of hydrogen-bond acceptors (Lipinski definition) is 0. The molecule has 1 atom stereocenters. The second kappa shape index (κ2) is 3.56. The zero-order valence-electron chi connectivity index (χ0n) is 6.11. The molecule has 0 nitrogen and oxygen atoms in total. The van der Waals surface area contributed by atoms with Crippen molar-refractivity contribution in [2.24, 2.45) is 5.92 Å². The molecule has 0 N–H and O–H groups in total. The molecule has 50 valence electrons. The summed E-state index contributed by atoms with van der Waals surface area (Å²) in [6, 6.07) is 0. The van der Waals surface area contributed by atoms with Crippen molar-refractivity contribution in [2.75, 3.05) is 0 Å². The summed E-state index contributed by atoms with van der Waals surface area (Å²) < 4.78 is 0. The molecule has 0 amide bonds. The van der Waals surface area contributed by atoms with Crippen LogP contribution in [0.3, 0.4) is 0 Å². The van der Waals surface area contributed by atoms with Crippen LogP contribution in [-0.2, 0) is 0 Å². The first-order valence-electron chi connectivity index (χ1n) is 3.89. The number of hydrogen-bond donors (Lipinski definition) is 0. The monoisotopic (exact) mass is 122 g/mol. The Morgan fingerprint density at radius 3 is 3.11 bits per heavy atom. The maximum Gasteiger partial charge on any atom is 0.0117 e. The van der Waals surface area contributed by atoms with Gasteiger partial charge < -0.3 is 0 Å². The Morgan fingerprint density at radius 1 is 1.44 bits per heavy atom. The SMILES string of the molecule is CCC1CC#CCCC1. The Morgan fingerprint density at radius 2 is 2.33 bits per heavy atom. The predicted molar refractivity (Wildman–Crippen MR) is 40.0 cm³/mol. The smallest absolute Gasteiger partial charge is 0.0117 e. The molecule has 0 fully saturated rings. The fourth-order valence-corrected chi connectivity index (χ4v) is 1.23. The fourth-order valence-electron chi connectivity index (χ4n) is 1.23. The van der Waals surface area contributed by atoms with Gasteiger partial charge in [-0.2, -0.15) is 0 Å². The maximum absolute atomic E-state index is 3.20. The molecule has 0 aromatic heterocycles. The van der Waals surface area contributed by atoms with Crippen LogP contribution in [0.1, 0.15) is 39.0 Å². The third-order valence-electron chi connectivity index (χ3n) is 2.01. The largest absolute Gasteiger partial charge is 0.103 e. The van der Waals surface area contributed by atoms with Crippen molar-refractivity contribution in [3.63, 3.8) is 0 Å². The van der Waals surface area contributed by atoms with E-state index in [1.807, 2.05) is 0 Å². The normalized spacial score (nSPS) is 26.1. The second-order valence-electron chi connectivity index (χ2n) is 2.72. The summed E-state index contributed by atoms with van der Waals surface area (Å²) in [5, 5.41) is 0. The third kappa shape index (κ3) is 2.10. The molecule has 0 saturated carbocycles. The third-order valence-corrected chi connectivity index (χ3v) is 2.01. The van der Waals surface area contributed by atoms with Crippen LogP contribution in [-0.4, -0.2) is 0 Å².